The molecule has 18 heavy (non-hydrogen) atoms. The topological polar surface area (TPSA) is 53.1 Å². The van der Waals surface area contributed by atoms with E-state index < -0.39 is 18.2 Å². The second-order valence-corrected chi connectivity index (χ2v) is 3.76. The molecule has 0 radical (unpaired) electrons. The molecule has 0 aliphatic carbocycles. The number of ether oxygens (including phenoxy) is 1. The third-order valence-corrected chi connectivity index (χ3v) is 2.29. The van der Waals surface area contributed by atoms with Crippen molar-refractivity contribution in [1.29, 1.82) is 0 Å². The Hall–Kier alpha value is -1.89. The van der Waals surface area contributed by atoms with Crippen LogP contribution in [0.3, 0.4) is 0 Å². The fourth-order valence-corrected chi connectivity index (χ4v) is 1.51. The Morgan fingerprint density at radius 2 is 2.11 bits per heavy atom. The molecular formula is C10H7ClF3N3O. The Morgan fingerprint density at radius 1 is 1.39 bits per heavy atom. The zero-order valence-corrected chi connectivity index (χ0v) is 9.53. The molecule has 0 saturated heterocycles. The number of benzene rings is 1. The normalized spacial score (nSPS) is 10.9. The molecule has 4 nitrogen and oxygen atoms in total. The van der Waals surface area contributed by atoms with E-state index in [-0.39, 0.29) is 11.4 Å². The van der Waals surface area contributed by atoms with Gasteiger partial charge in [-0.15, -0.1) is 0 Å². The lowest BCUT2D eigenvalue weighted by Gasteiger charge is -2.10. The molecule has 0 spiro atoms. The summed E-state index contributed by atoms with van der Waals surface area (Å²) in [4.78, 5) is 0. The van der Waals surface area contributed by atoms with Gasteiger partial charge in [0.05, 0.1) is 22.6 Å². The maximum Gasteiger partial charge on any atom is 0.387 e. The van der Waals surface area contributed by atoms with Crippen LogP contribution in [0.4, 0.5) is 18.9 Å². The summed E-state index contributed by atoms with van der Waals surface area (Å²) in [7, 11) is 0. The van der Waals surface area contributed by atoms with Crippen LogP contribution in [-0.2, 0) is 0 Å². The van der Waals surface area contributed by atoms with E-state index in [9.17, 15) is 13.2 Å². The average Bonchev–Trinajstić information content (AvgIpc) is 2.68. The predicted octanol–water partition coefficient (Wildman–Crippen LogP) is 2.85. The Balaban J connectivity index is 2.47. The smallest absolute Gasteiger partial charge is 0.387 e. The highest BCUT2D eigenvalue weighted by Crippen LogP contribution is 2.28. The van der Waals surface area contributed by atoms with E-state index in [2.05, 4.69) is 9.84 Å². The standard InChI is InChI=1S/C10H7ClF3N3O/c11-5-3-16-17(4-5)8-2-9(18-10(13)14)6(12)1-7(8)15/h1-4,10H,15H2. The van der Waals surface area contributed by atoms with E-state index in [1.54, 1.807) is 0 Å². The molecule has 2 aromatic rings. The Morgan fingerprint density at radius 3 is 2.67 bits per heavy atom. The number of rotatable bonds is 3. The van der Waals surface area contributed by atoms with Gasteiger partial charge < -0.3 is 10.5 Å². The molecule has 0 bridgehead atoms. The van der Waals surface area contributed by atoms with Crippen LogP contribution < -0.4 is 10.5 Å². The summed E-state index contributed by atoms with van der Waals surface area (Å²) in [5.74, 6) is -1.59. The van der Waals surface area contributed by atoms with Gasteiger partial charge in [-0.2, -0.15) is 13.9 Å². The van der Waals surface area contributed by atoms with Crippen LogP contribution in [0.5, 0.6) is 5.75 Å². The van der Waals surface area contributed by atoms with Gasteiger partial charge in [-0.25, -0.2) is 9.07 Å². The number of nitrogens with two attached hydrogens (primary N) is 1. The molecule has 0 amide bonds. The lowest BCUT2D eigenvalue weighted by atomic mass is 10.2. The minimum Gasteiger partial charge on any atom is -0.432 e. The maximum absolute atomic E-state index is 13.3. The van der Waals surface area contributed by atoms with Gasteiger partial charge in [0.2, 0.25) is 0 Å². The monoisotopic (exact) mass is 277 g/mol. The number of alkyl halides is 2. The lowest BCUT2D eigenvalue weighted by Crippen LogP contribution is -2.07. The SMILES string of the molecule is Nc1cc(F)c(OC(F)F)cc1-n1cc(Cl)cn1. The Labute approximate surface area is 105 Å². The van der Waals surface area contributed by atoms with Crippen molar-refractivity contribution in [3.8, 4) is 11.4 Å². The minimum absolute atomic E-state index is 0.0221. The van der Waals surface area contributed by atoms with Crippen molar-refractivity contribution in [2.24, 2.45) is 0 Å². The van der Waals surface area contributed by atoms with E-state index in [1.807, 2.05) is 0 Å². The summed E-state index contributed by atoms with van der Waals surface area (Å²) in [6, 6.07) is 1.91. The van der Waals surface area contributed by atoms with Crippen LogP contribution in [0.2, 0.25) is 5.02 Å². The van der Waals surface area contributed by atoms with E-state index in [4.69, 9.17) is 17.3 Å². The third-order valence-electron chi connectivity index (χ3n) is 2.10. The first kappa shape index (κ1) is 12.6. The van der Waals surface area contributed by atoms with Crippen LogP contribution in [0.15, 0.2) is 24.5 Å². The van der Waals surface area contributed by atoms with E-state index in [1.165, 1.54) is 17.1 Å². The molecule has 0 aliphatic rings. The van der Waals surface area contributed by atoms with Gasteiger partial charge in [-0.1, -0.05) is 11.6 Å². The number of hydrogen-bond donors (Lipinski definition) is 1. The van der Waals surface area contributed by atoms with E-state index >= 15 is 0 Å². The van der Waals surface area contributed by atoms with Crippen molar-refractivity contribution in [1.82, 2.24) is 9.78 Å². The molecule has 0 aliphatic heterocycles. The van der Waals surface area contributed by atoms with Crippen molar-refractivity contribution >= 4 is 17.3 Å². The molecule has 0 unspecified atom stereocenters. The molecule has 2 N–H and O–H groups in total. The number of hydrogen-bond acceptors (Lipinski definition) is 3. The fourth-order valence-electron chi connectivity index (χ4n) is 1.38. The van der Waals surface area contributed by atoms with Crippen LogP contribution in [0, 0.1) is 5.82 Å². The van der Waals surface area contributed by atoms with E-state index in [0.29, 0.717) is 5.02 Å². The fraction of sp³-hybridized carbons (Fsp3) is 0.100. The Kier molecular flexibility index (Phi) is 3.33. The zero-order chi connectivity index (χ0) is 13.3. The van der Waals surface area contributed by atoms with Gasteiger partial charge in [0.1, 0.15) is 0 Å². The summed E-state index contributed by atoms with van der Waals surface area (Å²) < 4.78 is 42.7. The van der Waals surface area contributed by atoms with Crippen molar-refractivity contribution in [2.75, 3.05) is 5.73 Å². The zero-order valence-electron chi connectivity index (χ0n) is 8.78. The number of aromatic nitrogens is 2. The van der Waals surface area contributed by atoms with Crippen molar-refractivity contribution in [3.63, 3.8) is 0 Å². The van der Waals surface area contributed by atoms with E-state index in [0.717, 1.165) is 12.1 Å². The third kappa shape index (κ3) is 2.51. The molecule has 0 fully saturated rings. The van der Waals surface area contributed by atoms with Crippen LogP contribution in [0.25, 0.3) is 5.69 Å². The number of nitrogens with zero attached hydrogens (tertiary/aromatic N) is 2. The van der Waals surface area contributed by atoms with Crippen molar-refractivity contribution in [2.45, 2.75) is 6.61 Å². The van der Waals surface area contributed by atoms with Gasteiger partial charge in [-0.3, -0.25) is 0 Å². The van der Waals surface area contributed by atoms with Gasteiger partial charge >= 0.3 is 6.61 Å². The first-order valence-electron chi connectivity index (χ1n) is 4.71. The van der Waals surface area contributed by atoms with Crippen molar-refractivity contribution < 1.29 is 17.9 Å². The summed E-state index contributed by atoms with van der Waals surface area (Å²) in [6.07, 6.45) is 2.73. The van der Waals surface area contributed by atoms with Crippen molar-refractivity contribution in [3.05, 3.63) is 35.4 Å². The molecule has 1 aromatic heterocycles. The highest BCUT2D eigenvalue weighted by atomic mass is 35.5. The molecule has 2 rings (SSSR count). The summed E-state index contributed by atoms with van der Waals surface area (Å²) in [5.41, 5.74) is 5.79. The minimum atomic E-state index is -3.13. The second-order valence-electron chi connectivity index (χ2n) is 3.32. The van der Waals surface area contributed by atoms with Gasteiger partial charge in [0, 0.05) is 18.3 Å². The molecule has 8 heteroatoms. The summed E-state index contributed by atoms with van der Waals surface area (Å²) in [6.45, 7) is -3.13. The molecular weight excluding hydrogens is 271 g/mol. The van der Waals surface area contributed by atoms with Crippen LogP contribution in [0.1, 0.15) is 0 Å². The van der Waals surface area contributed by atoms with Gasteiger partial charge in [0.15, 0.2) is 11.6 Å². The molecule has 0 saturated carbocycles. The second kappa shape index (κ2) is 4.77. The number of nitrogen functional groups attached to an aromatic ring is 1. The highest BCUT2D eigenvalue weighted by molar-refractivity contribution is 6.30. The summed E-state index contributed by atoms with van der Waals surface area (Å²) >= 11 is 5.67. The summed E-state index contributed by atoms with van der Waals surface area (Å²) in [5, 5.41) is 4.16. The maximum atomic E-state index is 13.3. The first-order valence-corrected chi connectivity index (χ1v) is 5.09. The molecule has 96 valence electrons. The lowest BCUT2D eigenvalue weighted by molar-refractivity contribution is -0.0521. The first-order chi connectivity index (χ1) is 8.47. The molecule has 1 heterocycles. The quantitative estimate of drug-likeness (QED) is 0.878. The van der Waals surface area contributed by atoms with Gasteiger partial charge in [-0.05, 0) is 0 Å². The predicted molar refractivity (Wildman–Crippen MR) is 59.6 cm³/mol. The highest BCUT2D eigenvalue weighted by Gasteiger charge is 2.14. The largest absolute Gasteiger partial charge is 0.432 e. The number of anilines is 1. The average molecular weight is 278 g/mol. The molecule has 1 aromatic carbocycles. The number of halogens is 4. The van der Waals surface area contributed by atoms with Crippen LogP contribution in [-0.4, -0.2) is 16.4 Å². The Bertz CT molecular complexity index is 573. The van der Waals surface area contributed by atoms with Crippen LogP contribution >= 0.6 is 11.6 Å². The van der Waals surface area contributed by atoms with Gasteiger partial charge in [0.25, 0.3) is 0 Å². The molecule has 0 atom stereocenters.